The van der Waals surface area contributed by atoms with Gasteiger partial charge in [-0.25, -0.2) is 9.78 Å². The fourth-order valence-corrected chi connectivity index (χ4v) is 2.31. The molecule has 1 amide bonds. The zero-order valence-corrected chi connectivity index (χ0v) is 13.9. The number of anilines is 1. The molecule has 3 rings (SSSR count). The Morgan fingerprint density at radius 2 is 2.17 bits per heavy atom. The van der Waals surface area contributed by atoms with Gasteiger partial charge in [0.15, 0.2) is 0 Å². The number of hydrogen-bond donors (Lipinski definition) is 3. The van der Waals surface area contributed by atoms with Crippen LogP contribution in [-0.2, 0) is 11.3 Å². The Balaban J connectivity index is 1.59. The molecule has 0 saturated heterocycles. The van der Waals surface area contributed by atoms with Crippen molar-refractivity contribution in [2.24, 2.45) is 5.92 Å². The van der Waals surface area contributed by atoms with E-state index in [9.17, 15) is 4.79 Å². The number of alkyl carbamates (subject to hydrolysis) is 1. The second-order valence-electron chi connectivity index (χ2n) is 7.10. The molecule has 0 spiro atoms. The summed E-state index contributed by atoms with van der Waals surface area (Å²) in [7, 11) is 0. The summed E-state index contributed by atoms with van der Waals surface area (Å²) in [6, 6.07) is 6.08. The molecule has 1 saturated carbocycles. The van der Waals surface area contributed by atoms with Crippen LogP contribution in [0.2, 0.25) is 0 Å². The summed E-state index contributed by atoms with van der Waals surface area (Å²) in [5.74, 6) is 1.55. The first-order chi connectivity index (χ1) is 10.9. The topological polar surface area (TPSA) is 79.0 Å². The minimum Gasteiger partial charge on any atom is -0.444 e. The molecule has 0 unspecified atom stereocenters. The summed E-state index contributed by atoms with van der Waals surface area (Å²) in [6.45, 7) is 6.86. The lowest BCUT2D eigenvalue weighted by molar-refractivity contribution is 0.0522. The Morgan fingerprint density at radius 3 is 2.87 bits per heavy atom. The van der Waals surface area contributed by atoms with E-state index in [1.807, 2.05) is 32.9 Å². The van der Waals surface area contributed by atoms with Gasteiger partial charge in [0.05, 0.1) is 17.6 Å². The number of benzene rings is 1. The monoisotopic (exact) mass is 316 g/mol. The van der Waals surface area contributed by atoms with Gasteiger partial charge in [-0.1, -0.05) is 0 Å². The molecule has 1 aromatic heterocycles. The van der Waals surface area contributed by atoms with Gasteiger partial charge in [0, 0.05) is 12.2 Å². The quantitative estimate of drug-likeness (QED) is 0.790. The second kappa shape index (κ2) is 6.10. The first-order valence-corrected chi connectivity index (χ1v) is 8.08. The van der Waals surface area contributed by atoms with Gasteiger partial charge in [-0.05, 0) is 57.7 Å². The number of carbonyl (C=O) groups excluding carboxylic acids is 1. The third-order valence-corrected chi connectivity index (χ3v) is 3.62. The fourth-order valence-electron chi connectivity index (χ4n) is 2.31. The van der Waals surface area contributed by atoms with Crippen LogP contribution in [0, 0.1) is 5.92 Å². The molecule has 1 heterocycles. The van der Waals surface area contributed by atoms with E-state index in [0.29, 0.717) is 12.4 Å². The highest BCUT2D eigenvalue weighted by molar-refractivity contribution is 5.79. The zero-order valence-electron chi connectivity index (χ0n) is 13.9. The maximum atomic E-state index is 11.7. The molecule has 1 aromatic carbocycles. The lowest BCUT2D eigenvalue weighted by Crippen LogP contribution is -2.32. The maximum Gasteiger partial charge on any atom is 0.408 e. The maximum absolute atomic E-state index is 11.7. The first kappa shape index (κ1) is 15.6. The first-order valence-electron chi connectivity index (χ1n) is 8.08. The molecule has 1 aliphatic rings. The molecule has 0 aliphatic heterocycles. The van der Waals surface area contributed by atoms with E-state index in [0.717, 1.165) is 29.2 Å². The van der Waals surface area contributed by atoms with Crippen molar-refractivity contribution >= 4 is 22.8 Å². The van der Waals surface area contributed by atoms with E-state index in [2.05, 4.69) is 26.7 Å². The molecular formula is C17H24N4O2. The van der Waals surface area contributed by atoms with Crippen LogP contribution < -0.4 is 10.6 Å². The number of imidazole rings is 1. The van der Waals surface area contributed by atoms with Crippen molar-refractivity contribution in [3.8, 4) is 0 Å². The normalized spacial score (nSPS) is 14.7. The van der Waals surface area contributed by atoms with Crippen molar-refractivity contribution < 1.29 is 9.53 Å². The van der Waals surface area contributed by atoms with E-state index >= 15 is 0 Å². The molecule has 3 N–H and O–H groups in total. The van der Waals surface area contributed by atoms with Crippen molar-refractivity contribution in [2.75, 3.05) is 11.9 Å². The van der Waals surface area contributed by atoms with Crippen LogP contribution in [0.1, 0.15) is 39.4 Å². The van der Waals surface area contributed by atoms with E-state index in [-0.39, 0.29) is 0 Å². The van der Waals surface area contributed by atoms with Gasteiger partial charge < -0.3 is 20.4 Å². The number of amides is 1. The van der Waals surface area contributed by atoms with Gasteiger partial charge in [0.1, 0.15) is 11.4 Å². The summed E-state index contributed by atoms with van der Waals surface area (Å²) in [4.78, 5) is 19.4. The number of nitrogens with one attached hydrogen (secondary N) is 3. The Bertz CT molecular complexity index is 698. The highest BCUT2D eigenvalue weighted by Gasteiger charge is 2.20. The Morgan fingerprint density at radius 1 is 1.39 bits per heavy atom. The minimum absolute atomic E-state index is 0.314. The van der Waals surface area contributed by atoms with Crippen LogP contribution in [0.5, 0.6) is 0 Å². The van der Waals surface area contributed by atoms with Crippen molar-refractivity contribution in [3.63, 3.8) is 0 Å². The average Bonchev–Trinajstić information content (AvgIpc) is 3.19. The van der Waals surface area contributed by atoms with Crippen LogP contribution >= 0.6 is 0 Å². The number of hydrogen-bond acceptors (Lipinski definition) is 4. The molecule has 1 aliphatic carbocycles. The number of aromatic nitrogens is 2. The number of nitrogens with zero attached hydrogens (tertiary/aromatic N) is 1. The van der Waals surface area contributed by atoms with Crippen LogP contribution in [0.15, 0.2) is 18.2 Å². The second-order valence-corrected chi connectivity index (χ2v) is 7.10. The average molecular weight is 316 g/mol. The number of aromatic amines is 1. The summed E-state index contributed by atoms with van der Waals surface area (Å²) in [5, 5.41) is 6.16. The molecule has 6 heteroatoms. The Labute approximate surface area is 136 Å². The molecule has 124 valence electrons. The predicted octanol–water partition coefficient (Wildman–Crippen LogP) is 3.41. The highest BCUT2D eigenvalue weighted by atomic mass is 16.6. The standard InChI is InChI=1S/C17H24N4O2/c1-17(2,3)23-16(22)19-10-15-20-13-7-6-12(8-14(13)21-15)18-9-11-4-5-11/h6-8,11,18H,4-5,9-10H2,1-3H3,(H,19,22)(H,20,21). The summed E-state index contributed by atoms with van der Waals surface area (Å²) < 4.78 is 5.21. The smallest absolute Gasteiger partial charge is 0.408 e. The molecular weight excluding hydrogens is 292 g/mol. The predicted molar refractivity (Wildman–Crippen MR) is 90.4 cm³/mol. The van der Waals surface area contributed by atoms with Gasteiger partial charge in [-0.3, -0.25) is 0 Å². The summed E-state index contributed by atoms with van der Waals surface area (Å²) in [5.41, 5.74) is 2.45. The number of H-pyrrole nitrogens is 1. The molecule has 2 aromatic rings. The van der Waals surface area contributed by atoms with Gasteiger partial charge in [0.25, 0.3) is 0 Å². The molecule has 1 fully saturated rings. The number of ether oxygens (including phenoxy) is 1. The van der Waals surface area contributed by atoms with Crippen LogP contribution in [-0.4, -0.2) is 28.2 Å². The van der Waals surface area contributed by atoms with Gasteiger partial charge in [0.2, 0.25) is 0 Å². The van der Waals surface area contributed by atoms with Gasteiger partial charge >= 0.3 is 6.09 Å². The van der Waals surface area contributed by atoms with Crippen molar-refractivity contribution in [1.29, 1.82) is 0 Å². The molecule has 0 atom stereocenters. The van der Waals surface area contributed by atoms with Crippen LogP contribution in [0.4, 0.5) is 10.5 Å². The van der Waals surface area contributed by atoms with E-state index in [4.69, 9.17) is 4.74 Å². The van der Waals surface area contributed by atoms with Crippen molar-refractivity contribution in [1.82, 2.24) is 15.3 Å². The lowest BCUT2D eigenvalue weighted by atomic mass is 10.2. The van der Waals surface area contributed by atoms with Crippen molar-refractivity contribution in [3.05, 3.63) is 24.0 Å². The minimum atomic E-state index is -0.500. The summed E-state index contributed by atoms with van der Waals surface area (Å²) in [6.07, 6.45) is 2.23. The lowest BCUT2D eigenvalue weighted by Gasteiger charge is -2.19. The fraction of sp³-hybridized carbons (Fsp3) is 0.529. The molecule has 0 bridgehead atoms. The zero-order chi connectivity index (χ0) is 16.4. The molecule has 6 nitrogen and oxygen atoms in total. The van der Waals surface area contributed by atoms with E-state index in [1.165, 1.54) is 12.8 Å². The SMILES string of the molecule is CC(C)(C)OC(=O)NCc1nc2ccc(NCC3CC3)cc2[nH]1. The summed E-state index contributed by atoms with van der Waals surface area (Å²) >= 11 is 0. The largest absolute Gasteiger partial charge is 0.444 e. The molecule has 0 radical (unpaired) electrons. The third kappa shape index (κ3) is 4.61. The number of rotatable bonds is 5. The van der Waals surface area contributed by atoms with E-state index < -0.39 is 11.7 Å². The Hall–Kier alpha value is -2.24. The highest BCUT2D eigenvalue weighted by Crippen LogP contribution is 2.29. The van der Waals surface area contributed by atoms with Crippen LogP contribution in [0.25, 0.3) is 11.0 Å². The van der Waals surface area contributed by atoms with E-state index in [1.54, 1.807) is 0 Å². The third-order valence-electron chi connectivity index (χ3n) is 3.62. The van der Waals surface area contributed by atoms with Gasteiger partial charge in [-0.2, -0.15) is 0 Å². The van der Waals surface area contributed by atoms with Crippen LogP contribution in [0.3, 0.4) is 0 Å². The Kier molecular flexibility index (Phi) is 4.15. The number of carbonyl (C=O) groups is 1. The van der Waals surface area contributed by atoms with Gasteiger partial charge in [-0.15, -0.1) is 0 Å². The number of fused-ring (bicyclic) bond motifs is 1. The molecule has 23 heavy (non-hydrogen) atoms. The van der Waals surface area contributed by atoms with Crippen molar-refractivity contribution in [2.45, 2.75) is 45.8 Å².